The smallest absolute Gasteiger partial charge is 0.171 e. The van der Waals surface area contributed by atoms with Gasteiger partial charge in [0.25, 0.3) is 0 Å². The molecule has 4 aliphatic carbocycles. The van der Waals surface area contributed by atoms with Crippen LogP contribution in [0.1, 0.15) is 71.1 Å². The van der Waals surface area contributed by atoms with E-state index in [9.17, 15) is 0 Å². The molecular weight excluding hydrogens is 352 g/mol. The van der Waals surface area contributed by atoms with Gasteiger partial charge >= 0.3 is 0 Å². The topological polar surface area (TPSA) is 40.2 Å². The molecule has 2 spiro atoms. The normalized spacial score (nSPS) is 58.5. The Kier molecular flexibility index (Phi) is 3.13. The molecule has 0 aromatic carbocycles. The van der Waals surface area contributed by atoms with Crippen molar-refractivity contribution in [2.75, 3.05) is 19.8 Å². The molecular formula is C24H34O4. The minimum atomic E-state index is -0.330. The van der Waals surface area contributed by atoms with E-state index in [0.29, 0.717) is 0 Å². The van der Waals surface area contributed by atoms with Crippen molar-refractivity contribution in [1.29, 1.82) is 0 Å². The maximum absolute atomic E-state index is 6.78. The van der Waals surface area contributed by atoms with E-state index in [2.05, 4.69) is 13.5 Å². The fourth-order valence-electron chi connectivity index (χ4n) is 9.52. The Balaban J connectivity index is 1.20. The van der Waals surface area contributed by atoms with Gasteiger partial charge in [-0.15, -0.1) is 0 Å². The molecule has 0 radical (unpaired) electrons. The van der Waals surface area contributed by atoms with Crippen molar-refractivity contribution in [3.05, 3.63) is 12.2 Å². The van der Waals surface area contributed by atoms with Crippen molar-refractivity contribution in [3.8, 4) is 0 Å². The summed E-state index contributed by atoms with van der Waals surface area (Å²) in [5, 5.41) is 0. The van der Waals surface area contributed by atoms with Gasteiger partial charge in [-0.3, -0.25) is 0 Å². The largest absolute Gasteiger partial charge is 0.370 e. The molecule has 4 heteroatoms. The molecule has 0 bridgehead atoms. The predicted molar refractivity (Wildman–Crippen MR) is 104 cm³/mol. The Morgan fingerprint density at radius 3 is 2.46 bits per heavy atom. The van der Waals surface area contributed by atoms with Crippen LogP contribution < -0.4 is 0 Å². The Labute approximate surface area is 168 Å². The van der Waals surface area contributed by atoms with E-state index in [1.807, 2.05) is 0 Å². The first-order valence-electron chi connectivity index (χ1n) is 11.8. The van der Waals surface area contributed by atoms with E-state index in [4.69, 9.17) is 18.9 Å². The van der Waals surface area contributed by atoms with Crippen LogP contribution in [-0.2, 0) is 18.9 Å². The van der Waals surface area contributed by atoms with Crippen LogP contribution in [0.15, 0.2) is 12.2 Å². The van der Waals surface area contributed by atoms with E-state index >= 15 is 0 Å². The second-order valence-electron chi connectivity index (χ2n) is 11.2. The Bertz CT molecular complexity index is 743. The lowest BCUT2D eigenvalue weighted by atomic mass is 9.48. The fraction of sp³-hybridized carbons (Fsp3) is 0.917. The summed E-state index contributed by atoms with van der Waals surface area (Å²) in [6.45, 7) is 9.41. The predicted octanol–water partition coefficient (Wildman–Crippen LogP) is 4.37. The molecule has 3 saturated heterocycles. The Morgan fingerprint density at radius 2 is 1.68 bits per heavy atom. The molecule has 4 saturated carbocycles. The zero-order valence-electron chi connectivity index (χ0n) is 17.3. The van der Waals surface area contributed by atoms with Crippen molar-refractivity contribution >= 4 is 0 Å². The van der Waals surface area contributed by atoms with Gasteiger partial charge in [0, 0.05) is 18.3 Å². The molecule has 28 heavy (non-hydrogen) atoms. The van der Waals surface area contributed by atoms with Crippen molar-refractivity contribution < 1.29 is 18.9 Å². The first-order valence-corrected chi connectivity index (χ1v) is 11.8. The van der Waals surface area contributed by atoms with E-state index in [1.54, 1.807) is 0 Å². The van der Waals surface area contributed by atoms with Gasteiger partial charge in [-0.25, -0.2) is 0 Å². The average molecular weight is 387 g/mol. The number of hydrogen-bond acceptors (Lipinski definition) is 4. The lowest BCUT2D eigenvalue weighted by Crippen LogP contribution is -2.58. The second kappa shape index (κ2) is 5.07. The molecule has 154 valence electrons. The van der Waals surface area contributed by atoms with Crippen molar-refractivity contribution in [2.24, 2.45) is 23.2 Å². The summed E-state index contributed by atoms with van der Waals surface area (Å²) >= 11 is 0. The molecule has 7 fully saturated rings. The summed E-state index contributed by atoms with van der Waals surface area (Å²) in [6, 6.07) is 0. The Hall–Kier alpha value is -0.420. The molecule has 0 N–H and O–H groups in total. The molecule has 7 rings (SSSR count). The zero-order chi connectivity index (χ0) is 18.8. The number of fused-ring (bicyclic) bond motifs is 4. The number of rotatable bonds is 0. The highest BCUT2D eigenvalue weighted by molar-refractivity contribution is 5.32. The first-order chi connectivity index (χ1) is 13.5. The van der Waals surface area contributed by atoms with Gasteiger partial charge in [0.1, 0.15) is 11.2 Å². The van der Waals surface area contributed by atoms with Crippen LogP contribution in [0, 0.1) is 23.2 Å². The lowest BCUT2D eigenvalue weighted by Gasteiger charge is -2.56. The Morgan fingerprint density at radius 1 is 0.857 bits per heavy atom. The van der Waals surface area contributed by atoms with Gasteiger partial charge in [-0.05, 0) is 74.7 Å². The van der Waals surface area contributed by atoms with E-state index < -0.39 is 0 Å². The van der Waals surface area contributed by atoms with Crippen LogP contribution in [0.25, 0.3) is 0 Å². The van der Waals surface area contributed by atoms with Crippen LogP contribution >= 0.6 is 0 Å². The SMILES string of the molecule is C=C1CCO[C@]12CC[C@H]1[C@@H]3CC[C@@]45CC6(CC[C@@]4(O5)C3CC[C@@]12C)OCCO6. The summed E-state index contributed by atoms with van der Waals surface area (Å²) in [6.07, 6.45) is 11.8. The monoisotopic (exact) mass is 386 g/mol. The molecule has 7 aliphatic rings. The van der Waals surface area contributed by atoms with Crippen LogP contribution in [0.4, 0.5) is 0 Å². The molecule has 0 amide bonds. The highest BCUT2D eigenvalue weighted by atomic mass is 16.7. The third-order valence-corrected chi connectivity index (χ3v) is 10.7. The number of epoxide rings is 1. The maximum atomic E-state index is 6.78. The first kappa shape index (κ1) is 17.3. The summed E-state index contributed by atoms with van der Waals surface area (Å²) < 4.78 is 25.5. The van der Waals surface area contributed by atoms with E-state index in [0.717, 1.165) is 63.3 Å². The molecule has 3 aliphatic heterocycles. The van der Waals surface area contributed by atoms with Crippen LogP contribution in [-0.4, -0.2) is 42.4 Å². The minimum Gasteiger partial charge on any atom is -0.370 e. The maximum Gasteiger partial charge on any atom is 0.171 e. The van der Waals surface area contributed by atoms with Gasteiger partial charge < -0.3 is 18.9 Å². The highest BCUT2D eigenvalue weighted by Crippen LogP contribution is 2.76. The zero-order valence-corrected chi connectivity index (χ0v) is 17.3. The molecule has 1 unspecified atom stereocenters. The molecule has 4 nitrogen and oxygen atoms in total. The third kappa shape index (κ3) is 1.73. The second-order valence-corrected chi connectivity index (χ2v) is 11.2. The van der Waals surface area contributed by atoms with Crippen LogP contribution in [0.5, 0.6) is 0 Å². The fourth-order valence-corrected chi connectivity index (χ4v) is 9.52. The van der Waals surface area contributed by atoms with Crippen molar-refractivity contribution in [3.63, 3.8) is 0 Å². The van der Waals surface area contributed by atoms with E-state index in [1.165, 1.54) is 44.1 Å². The van der Waals surface area contributed by atoms with Crippen molar-refractivity contribution in [1.82, 2.24) is 0 Å². The van der Waals surface area contributed by atoms with Gasteiger partial charge in [-0.1, -0.05) is 13.5 Å². The summed E-state index contributed by atoms with van der Waals surface area (Å²) in [4.78, 5) is 0. The molecule has 3 heterocycles. The van der Waals surface area contributed by atoms with Gasteiger partial charge in [0.15, 0.2) is 5.79 Å². The van der Waals surface area contributed by atoms with Gasteiger partial charge in [0.2, 0.25) is 0 Å². The number of ether oxygens (including phenoxy) is 4. The highest BCUT2D eigenvalue weighted by Gasteiger charge is 2.81. The summed E-state index contributed by atoms with van der Waals surface area (Å²) in [7, 11) is 0. The molecule has 0 aromatic rings. The van der Waals surface area contributed by atoms with Crippen LogP contribution in [0.3, 0.4) is 0 Å². The lowest BCUT2D eigenvalue weighted by molar-refractivity contribution is -0.192. The molecule has 7 atom stereocenters. The standard InChI is InChI=1S/C24H34O4/c1-16-6-12-27-23(16)9-5-18-17-3-8-21-15-22(25-13-14-26-22)10-11-24(21,28-21)19(17)4-7-20(18,23)2/h17-19H,1,3-15H2,2H3/t17-,18-,19?,20-,21+,23+,24+/m0/s1. The minimum absolute atomic E-state index is 0.0264. The summed E-state index contributed by atoms with van der Waals surface area (Å²) in [5.74, 6) is 1.96. The third-order valence-electron chi connectivity index (χ3n) is 10.7. The average Bonchev–Trinajstić information content (AvgIpc) is 2.95. The van der Waals surface area contributed by atoms with Crippen molar-refractivity contribution in [2.45, 2.75) is 93.7 Å². The quantitative estimate of drug-likeness (QED) is 0.458. The van der Waals surface area contributed by atoms with E-state index in [-0.39, 0.29) is 28.0 Å². The van der Waals surface area contributed by atoms with Gasteiger partial charge in [-0.2, -0.15) is 0 Å². The summed E-state index contributed by atoms with van der Waals surface area (Å²) in [5.41, 5.74) is 1.81. The molecule has 0 aromatic heterocycles. The number of hydrogen-bond donors (Lipinski definition) is 0. The van der Waals surface area contributed by atoms with Gasteiger partial charge in [0.05, 0.1) is 25.4 Å². The van der Waals surface area contributed by atoms with Crippen LogP contribution in [0.2, 0.25) is 0 Å².